The number of fused-ring (bicyclic) bond motifs is 1. The van der Waals surface area contributed by atoms with Crippen molar-refractivity contribution in [3.8, 4) is 0 Å². The number of ether oxygens (including phenoxy) is 1. The van der Waals surface area contributed by atoms with Gasteiger partial charge in [0.1, 0.15) is 6.10 Å². The van der Waals surface area contributed by atoms with Crippen molar-refractivity contribution in [2.24, 2.45) is 0 Å². The second kappa shape index (κ2) is 5.63. The number of aromatic nitrogens is 2. The highest BCUT2D eigenvalue weighted by molar-refractivity contribution is 6.31. The SMILES string of the molecule is Clc1ccccc1C1CN(c2nc3ccccc3[nH]2)CCO1. The topological polar surface area (TPSA) is 41.2 Å². The van der Waals surface area contributed by atoms with Crippen molar-refractivity contribution in [3.63, 3.8) is 0 Å². The van der Waals surface area contributed by atoms with Gasteiger partial charge in [0.05, 0.1) is 24.2 Å². The van der Waals surface area contributed by atoms with Crippen LogP contribution in [0.25, 0.3) is 11.0 Å². The average molecular weight is 314 g/mol. The van der Waals surface area contributed by atoms with E-state index in [0.29, 0.717) is 6.61 Å². The number of nitrogens with zero attached hydrogens (tertiary/aromatic N) is 2. The fourth-order valence-corrected chi connectivity index (χ4v) is 3.11. The van der Waals surface area contributed by atoms with Crippen molar-refractivity contribution in [1.82, 2.24) is 9.97 Å². The Morgan fingerprint density at radius 2 is 1.95 bits per heavy atom. The van der Waals surface area contributed by atoms with Crippen LogP contribution in [-0.4, -0.2) is 29.7 Å². The van der Waals surface area contributed by atoms with Crippen LogP contribution in [0.4, 0.5) is 5.95 Å². The summed E-state index contributed by atoms with van der Waals surface area (Å²) in [5.74, 6) is 0.890. The van der Waals surface area contributed by atoms with Crippen LogP contribution in [0.3, 0.4) is 0 Å². The van der Waals surface area contributed by atoms with Crippen LogP contribution in [0, 0.1) is 0 Å². The van der Waals surface area contributed by atoms with Crippen LogP contribution in [0.2, 0.25) is 5.02 Å². The summed E-state index contributed by atoms with van der Waals surface area (Å²) >= 11 is 6.29. The third-order valence-electron chi connectivity index (χ3n) is 3.99. The number of hydrogen-bond acceptors (Lipinski definition) is 3. The number of para-hydroxylation sites is 2. The second-order valence-electron chi connectivity index (χ2n) is 5.40. The van der Waals surface area contributed by atoms with Crippen molar-refractivity contribution in [2.45, 2.75) is 6.10 Å². The van der Waals surface area contributed by atoms with Gasteiger partial charge in [-0.1, -0.05) is 41.9 Å². The molecule has 0 amide bonds. The van der Waals surface area contributed by atoms with Gasteiger partial charge in [0.15, 0.2) is 0 Å². The van der Waals surface area contributed by atoms with E-state index >= 15 is 0 Å². The summed E-state index contributed by atoms with van der Waals surface area (Å²) in [6.07, 6.45) is -0.0318. The van der Waals surface area contributed by atoms with Crippen molar-refractivity contribution in [3.05, 3.63) is 59.1 Å². The van der Waals surface area contributed by atoms with Gasteiger partial charge in [-0.3, -0.25) is 0 Å². The number of benzene rings is 2. The van der Waals surface area contributed by atoms with Gasteiger partial charge in [-0.15, -0.1) is 0 Å². The van der Waals surface area contributed by atoms with Gasteiger partial charge in [0.2, 0.25) is 5.95 Å². The van der Waals surface area contributed by atoms with Gasteiger partial charge >= 0.3 is 0 Å². The number of halogens is 1. The minimum Gasteiger partial charge on any atom is -0.370 e. The summed E-state index contributed by atoms with van der Waals surface area (Å²) in [5, 5.41) is 0.749. The van der Waals surface area contributed by atoms with E-state index in [1.165, 1.54) is 0 Å². The molecule has 4 nitrogen and oxygen atoms in total. The summed E-state index contributed by atoms with van der Waals surface area (Å²) in [6, 6.07) is 15.9. The Morgan fingerprint density at radius 3 is 2.82 bits per heavy atom. The molecular weight excluding hydrogens is 298 g/mol. The molecule has 1 fully saturated rings. The normalized spacial score (nSPS) is 18.8. The van der Waals surface area contributed by atoms with Crippen molar-refractivity contribution >= 4 is 28.6 Å². The molecule has 0 radical (unpaired) electrons. The summed E-state index contributed by atoms with van der Waals surface area (Å²) < 4.78 is 5.90. The quantitative estimate of drug-likeness (QED) is 0.782. The summed E-state index contributed by atoms with van der Waals surface area (Å²) in [5.41, 5.74) is 3.07. The minimum absolute atomic E-state index is 0.0318. The number of imidazole rings is 1. The van der Waals surface area contributed by atoms with Gasteiger partial charge in [-0.05, 0) is 18.2 Å². The van der Waals surface area contributed by atoms with Crippen LogP contribution >= 0.6 is 11.6 Å². The van der Waals surface area contributed by atoms with E-state index < -0.39 is 0 Å². The first-order chi connectivity index (χ1) is 10.8. The van der Waals surface area contributed by atoms with Crippen LogP contribution in [0.5, 0.6) is 0 Å². The molecule has 2 aromatic carbocycles. The van der Waals surface area contributed by atoms with Gasteiger partial charge in [-0.25, -0.2) is 4.98 Å². The minimum atomic E-state index is -0.0318. The lowest BCUT2D eigenvalue weighted by molar-refractivity contribution is 0.0393. The van der Waals surface area contributed by atoms with E-state index in [2.05, 4.69) is 14.9 Å². The molecule has 112 valence electrons. The molecule has 0 bridgehead atoms. The highest BCUT2D eigenvalue weighted by Crippen LogP contribution is 2.30. The molecule has 3 aromatic rings. The first kappa shape index (κ1) is 13.6. The fourth-order valence-electron chi connectivity index (χ4n) is 2.86. The highest BCUT2D eigenvalue weighted by atomic mass is 35.5. The molecule has 0 spiro atoms. The molecular formula is C17H16ClN3O. The Morgan fingerprint density at radius 1 is 1.14 bits per heavy atom. The van der Waals surface area contributed by atoms with Crippen molar-refractivity contribution < 1.29 is 4.74 Å². The zero-order valence-corrected chi connectivity index (χ0v) is 12.8. The standard InChI is InChI=1S/C17H16ClN3O/c18-13-6-2-1-5-12(13)16-11-21(9-10-22-16)17-19-14-7-3-4-8-15(14)20-17/h1-8,16H,9-11H2,(H,19,20). The maximum atomic E-state index is 6.29. The first-order valence-corrected chi connectivity index (χ1v) is 7.75. The molecule has 2 heterocycles. The lowest BCUT2D eigenvalue weighted by Gasteiger charge is -2.33. The van der Waals surface area contributed by atoms with Crippen molar-refractivity contribution in [1.29, 1.82) is 0 Å². The van der Waals surface area contributed by atoms with E-state index in [1.54, 1.807) is 0 Å². The molecule has 1 aliphatic rings. The zero-order valence-electron chi connectivity index (χ0n) is 12.0. The maximum absolute atomic E-state index is 6.29. The lowest BCUT2D eigenvalue weighted by Crippen LogP contribution is -2.39. The second-order valence-corrected chi connectivity index (χ2v) is 5.81. The average Bonchev–Trinajstić information content (AvgIpc) is 2.99. The number of morpholine rings is 1. The maximum Gasteiger partial charge on any atom is 0.204 e. The van der Waals surface area contributed by atoms with Gasteiger partial charge in [0.25, 0.3) is 0 Å². The number of H-pyrrole nitrogens is 1. The van der Waals surface area contributed by atoms with Crippen LogP contribution in [0.1, 0.15) is 11.7 Å². The fraction of sp³-hybridized carbons (Fsp3) is 0.235. The molecule has 1 saturated heterocycles. The Kier molecular flexibility index (Phi) is 3.48. The number of anilines is 1. The molecule has 0 saturated carbocycles. The first-order valence-electron chi connectivity index (χ1n) is 7.37. The number of nitrogens with one attached hydrogen (secondary N) is 1. The predicted octanol–water partition coefficient (Wildman–Crippen LogP) is 3.79. The van der Waals surface area contributed by atoms with Crippen LogP contribution < -0.4 is 4.90 Å². The summed E-state index contributed by atoms with van der Waals surface area (Å²) in [4.78, 5) is 10.3. The van der Waals surface area contributed by atoms with E-state index in [4.69, 9.17) is 16.3 Å². The lowest BCUT2D eigenvalue weighted by atomic mass is 10.1. The van der Waals surface area contributed by atoms with Crippen LogP contribution in [0.15, 0.2) is 48.5 Å². The molecule has 1 atom stereocenters. The molecule has 4 rings (SSSR count). The Bertz CT molecular complexity index is 768. The van der Waals surface area contributed by atoms with Gasteiger partial charge in [-0.2, -0.15) is 0 Å². The zero-order chi connectivity index (χ0) is 14.9. The highest BCUT2D eigenvalue weighted by Gasteiger charge is 2.25. The monoisotopic (exact) mass is 313 g/mol. The van der Waals surface area contributed by atoms with E-state index in [9.17, 15) is 0 Å². The Balaban J connectivity index is 1.62. The van der Waals surface area contributed by atoms with Gasteiger partial charge in [0, 0.05) is 17.1 Å². The smallest absolute Gasteiger partial charge is 0.204 e. The van der Waals surface area contributed by atoms with Crippen molar-refractivity contribution in [2.75, 3.05) is 24.6 Å². The third kappa shape index (κ3) is 2.45. The third-order valence-corrected chi connectivity index (χ3v) is 4.34. The summed E-state index contributed by atoms with van der Waals surface area (Å²) in [7, 11) is 0. The molecule has 1 N–H and O–H groups in total. The molecule has 1 aromatic heterocycles. The molecule has 0 aliphatic carbocycles. The number of aromatic amines is 1. The predicted molar refractivity (Wildman–Crippen MR) is 88.5 cm³/mol. The Hall–Kier alpha value is -2.04. The molecule has 5 heteroatoms. The number of rotatable bonds is 2. The summed E-state index contributed by atoms with van der Waals surface area (Å²) in [6.45, 7) is 2.22. The van der Waals surface area contributed by atoms with E-state index in [0.717, 1.165) is 40.7 Å². The largest absolute Gasteiger partial charge is 0.370 e. The Labute approximate surface area is 133 Å². The van der Waals surface area contributed by atoms with Gasteiger partial charge < -0.3 is 14.6 Å². The van der Waals surface area contributed by atoms with Crippen LogP contribution in [-0.2, 0) is 4.74 Å². The number of hydrogen-bond donors (Lipinski definition) is 1. The molecule has 1 unspecified atom stereocenters. The molecule has 1 aliphatic heterocycles. The van der Waals surface area contributed by atoms with E-state index in [1.807, 2.05) is 48.5 Å². The molecule has 22 heavy (non-hydrogen) atoms. The van der Waals surface area contributed by atoms with E-state index in [-0.39, 0.29) is 6.10 Å².